The van der Waals surface area contributed by atoms with Crippen molar-refractivity contribution in [3.8, 4) is 10.6 Å². The molecule has 2 fully saturated rings. The Morgan fingerprint density at radius 3 is 2.67 bits per heavy atom. The summed E-state index contributed by atoms with van der Waals surface area (Å²) in [7, 11) is 0. The van der Waals surface area contributed by atoms with Crippen LogP contribution < -0.4 is 0 Å². The van der Waals surface area contributed by atoms with Crippen LogP contribution in [0.25, 0.3) is 10.6 Å². The predicted octanol–water partition coefficient (Wildman–Crippen LogP) is 4.60. The minimum absolute atomic E-state index is 0.0450. The summed E-state index contributed by atoms with van der Waals surface area (Å²) in [5.74, 6) is 1.27. The van der Waals surface area contributed by atoms with Gasteiger partial charge in [-0.3, -0.25) is 4.79 Å². The molecule has 2 atom stereocenters. The lowest BCUT2D eigenvalue weighted by molar-refractivity contribution is 0.0516. The van der Waals surface area contributed by atoms with E-state index in [1.54, 1.807) is 12.1 Å². The number of fused-ring (bicyclic) bond motifs is 1. The summed E-state index contributed by atoms with van der Waals surface area (Å²) in [5.41, 5.74) is 1.38. The van der Waals surface area contributed by atoms with Gasteiger partial charge in [0.05, 0.1) is 0 Å². The zero-order valence-corrected chi connectivity index (χ0v) is 14.4. The molecule has 2 heterocycles. The van der Waals surface area contributed by atoms with Crippen LogP contribution in [0.4, 0.5) is 4.39 Å². The largest absolute Gasteiger partial charge is 0.337 e. The highest BCUT2D eigenvalue weighted by Crippen LogP contribution is 2.36. The fourth-order valence-electron chi connectivity index (χ4n) is 4.04. The van der Waals surface area contributed by atoms with Crippen molar-refractivity contribution in [2.75, 3.05) is 13.1 Å². The maximum atomic E-state index is 13.0. The Bertz CT molecular complexity index is 727. The van der Waals surface area contributed by atoms with Crippen LogP contribution in [0.2, 0.25) is 0 Å². The van der Waals surface area contributed by atoms with Gasteiger partial charge in [0.1, 0.15) is 16.5 Å². The van der Waals surface area contributed by atoms with Gasteiger partial charge in [0.25, 0.3) is 5.91 Å². The van der Waals surface area contributed by atoms with Crippen molar-refractivity contribution in [2.24, 2.45) is 11.8 Å². The fourth-order valence-corrected chi connectivity index (χ4v) is 4.84. The number of likely N-dealkylation sites (tertiary alicyclic amines) is 1. The van der Waals surface area contributed by atoms with Gasteiger partial charge in [-0.15, -0.1) is 11.3 Å². The number of rotatable bonds is 2. The zero-order chi connectivity index (χ0) is 16.5. The summed E-state index contributed by atoms with van der Waals surface area (Å²) < 4.78 is 13.0. The maximum absolute atomic E-state index is 13.0. The third kappa shape index (κ3) is 3.09. The number of aromatic nitrogens is 1. The second kappa shape index (κ2) is 6.63. The molecule has 2 aliphatic rings. The average Bonchev–Trinajstić information content (AvgIpc) is 3.11. The molecule has 126 valence electrons. The molecule has 1 amide bonds. The second-order valence-corrected chi connectivity index (χ2v) is 7.75. The van der Waals surface area contributed by atoms with Crippen LogP contribution in [0, 0.1) is 17.7 Å². The molecule has 1 saturated heterocycles. The van der Waals surface area contributed by atoms with Gasteiger partial charge in [-0.25, -0.2) is 9.37 Å². The molecular formula is C19H21FN2OS. The van der Waals surface area contributed by atoms with Crippen LogP contribution >= 0.6 is 11.3 Å². The number of benzene rings is 1. The maximum Gasteiger partial charge on any atom is 0.273 e. The Morgan fingerprint density at radius 1 is 1.12 bits per heavy atom. The molecule has 4 rings (SSSR count). The van der Waals surface area contributed by atoms with Crippen molar-refractivity contribution in [2.45, 2.75) is 32.1 Å². The molecule has 5 heteroatoms. The van der Waals surface area contributed by atoms with Crippen LogP contribution in [0.5, 0.6) is 0 Å². The van der Waals surface area contributed by atoms with Crippen molar-refractivity contribution in [3.63, 3.8) is 0 Å². The van der Waals surface area contributed by atoms with Crippen LogP contribution in [0.1, 0.15) is 42.6 Å². The molecular weight excluding hydrogens is 323 g/mol. The first-order chi connectivity index (χ1) is 11.7. The van der Waals surface area contributed by atoms with E-state index in [0.29, 0.717) is 11.6 Å². The van der Waals surface area contributed by atoms with E-state index in [1.807, 2.05) is 10.3 Å². The predicted molar refractivity (Wildman–Crippen MR) is 93.5 cm³/mol. The Kier molecular flexibility index (Phi) is 4.35. The van der Waals surface area contributed by atoms with Gasteiger partial charge in [0, 0.05) is 24.0 Å². The number of carbonyl (C=O) groups excluding carboxylic acids is 1. The van der Waals surface area contributed by atoms with Crippen molar-refractivity contribution in [3.05, 3.63) is 41.2 Å². The lowest BCUT2D eigenvalue weighted by Gasteiger charge is -2.41. The number of thiazole rings is 1. The molecule has 1 saturated carbocycles. The van der Waals surface area contributed by atoms with Crippen LogP contribution in [0.3, 0.4) is 0 Å². The third-order valence-corrected chi connectivity index (χ3v) is 6.28. The third-order valence-electron chi connectivity index (χ3n) is 5.39. The minimum atomic E-state index is -0.262. The van der Waals surface area contributed by atoms with Crippen molar-refractivity contribution in [1.82, 2.24) is 9.88 Å². The number of hydrogen-bond donors (Lipinski definition) is 0. The SMILES string of the molecule is O=C(c1csc(-c2ccc(F)cc2)n1)N1CC[C@@H]2CCCC[C@@H]2C1. The van der Waals surface area contributed by atoms with E-state index in [4.69, 9.17) is 0 Å². The second-order valence-electron chi connectivity index (χ2n) is 6.89. The molecule has 1 aromatic carbocycles. The summed E-state index contributed by atoms with van der Waals surface area (Å²) in [5, 5.41) is 2.60. The minimum Gasteiger partial charge on any atom is -0.337 e. The number of halogens is 1. The smallest absolute Gasteiger partial charge is 0.273 e. The number of hydrogen-bond acceptors (Lipinski definition) is 3. The molecule has 1 aromatic heterocycles. The van der Waals surface area contributed by atoms with E-state index in [9.17, 15) is 9.18 Å². The first kappa shape index (κ1) is 15.8. The van der Waals surface area contributed by atoms with Gasteiger partial charge in [-0.1, -0.05) is 19.3 Å². The number of amides is 1. The van der Waals surface area contributed by atoms with Crippen molar-refractivity contribution < 1.29 is 9.18 Å². The Morgan fingerprint density at radius 2 is 1.88 bits per heavy atom. The highest BCUT2D eigenvalue weighted by atomic mass is 32.1. The normalized spacial score (nSPS) is 23.8. The molecule has 0 N–H and O–H groups in total. The van der Waals surface area contributed by atoms with Crippen molar-refractivity contribution >= 4 is 17.2 Å². The number of carbonyl (C=O) groups is 1. The number of nitrogens with zero attached hydrogens (tertiary/aromatic N) is 2. The summed E-state index contributed by atoms with van der Waals surface area (Å²) >= 11 is 1.44. The molecule has 1 aliphatic heterocycles. The lowest BCUT2D eigenvalue weighted by Crippen LogP contribution is -2.44. The summed E-state index contributed by atoms with van der Waals surface area (Å²) in [4.78, 5) is 19.3. The topological polar surface area (TPSA) is 33.2 Å². The molecule has 2 aromatic rings. The van der Waals surface area contributed by atoms with Gasteiger partial charge < -0.3 is 4.90 Å². The molecule has 0 unspecified atom stereocenters. The lowest BCUT2D eigenvalue weighted by atomic mass is 9.75. The van der Waals surface area contributed by atoms with Crippen LogP contribution in [-0.2, 0) is 0 Å². The highest BCUT2D eigenvalue weighted by molar-refractivity contribution is 7.13. The summed E-state index contributed by atoms with van der Waals surface area (Å²) in [6.45, 7) is 1.73. The number of piperidine rings is 1. The van der Waals surface area contributed by atoms with E-state index in [0.717, 1.165) is 36.0 Å². The van der Waals surface area contributed by atoms with E-state index in [1.165, 1.54) is 49.2 Å². The Hall–Kier alpha value is -1.75. The van der Waals surface area contributed by atoms with Gasteiger partial charge >= 0.3 is 0 Å². The monoisotopic (exact) mass is 344 g/mol. The fraction of sp³-hybridized carbons (Fsp3) is 0.474. The van der Waals surface area contributed by atoms with Crippen molar-refractivity contribution in [1.29, 1.82) is 0 Å². The molecule has 1 aliphatic carbocycles. The molecule has 0 bridgehead atoms. The average molecular weight is 344 g/mol. The summed E-state index contributed by atoms with van der Waals surface area (Å²) in [6, 6.07) is 6.25. The molecule has 3 nitrogen and oxygen atoms in total. The highest BCUT2D eigenvalue weighted by Gasteiger charge is 2.33. The quantitative estimate of drug-likeness (QED) is 0.797. The van der Waals surface area contributed by atoms with E-state index >= 15 is 0 Å². The first-order valence-corrected chi connectivity index (χ1v) is 9.59. The standard InChI is InChI=1S/C19H21FN2OS/c20-16-7-5-14(6-8-16)18-21-17(12-24-18)19(23)22-10-9-13-3-1-2-4-15(13)11-22/h5-8,12-13,15H,1-4,9-11H2/t13-,15+/m0/s1. The van der Waals surface area contributed by atoms with Gasteiger partial charge in [-0.05, 0) is 48.9 Å². The van der Waals surface area contributed by atoms with E-state index in [-0.39, 0.29) is 11.7 Å². The molecule has 0 radical (unpaired) electrons. The first-order valence-electron chi connectivity index (χ1n) is 8.71. The Balaban J connectivity index is 1.48. The van der Waals surface area contributed by atoms with Crippen LogP contribution in [-0.4, -0.2) is 28.9 Å². The van der Waals surface area contributed by atoms with E-state index < -0.39 is 0 Å². The van der Waals surface area contributed by atoms with Crippen LogP contribution in [0.15, 0.2) is 29.6 Å². The van der Waals surface area contributed by atoms with Gasteiger partial charge in [0.2, 0.25) is 0 Å². The van der Waals surface area contributed by atoms with E-state index in [2.05, 4.69) is 4.98 Å². The molecule has 0 spiro atoms. The van der Waals surface area contributed by atoms with Gasteiger partial charge in [-0.2, -0.15) is 0 Å². The van der Waals surface area contributed by atoms with Gasteiger partial charge in [0.15, 0.2) is 0 Å². The zero-order valence-electron chi connectivity index (χ0n) is 13.6. The summed E-state index contributed by atoms with van der Waals surface area (Å²) in [6.07, 6.45) is 6.37. The molecule has 24 heavy (non-hydrogen) atoms. The Labute approximate surface area is 145 Å².